The van der Waals surface area contributed by atoms with Crippen LogP contribution in [0.3, 0.4) is 0 Å². The van der Waals surface area contributed by atoms with Crippen LogP contribution >= 0.6 is 11.6 Å². The van der Waals surface area contributed by atoms with Crippen LogP contribution in [0.5, 0.6) is 0 Å². The molecule has 0 atom stereocenters. The molecule has 1 N–H and O–H groups in total. The predicted molar refractivity (Wildman–Crippen MR) is 121 cm³/mol. The molecule has 4 aliphatic carbocycles. The van der Waals surface area contributed by atoms with Crippen LogP contribution in [-0.4, -0.2) is 26.4 Å². The van der Waals surface area contributed by atoms with Gasteiger partial charge in [0.2, 0.25) is 5.91 Å². The molecule has 0 radical (unpaired) electrons. The average Bonchev–Trinajstić information content (AvgIpc) is 2.72. The van der Waals surface area contributed by atoms with Crippen LogP contribution in [0.15, 0.2) is 59.5 Å². The van der Waals surface area contributed by atoms with Gasteiger partial charge in [-0.1, -0.05) is 29.8 Å². The van der Waals surface area contributed by atoms with Gasteiger partial charge < -0.3 is 5.32 Å². The van der Waals surface area contributed by atoms with E-state index in [1.54, 1.807) is 54.6 Å². The number of hydrogen-bond acceptors (Lipinski definition) is 3. The van der Waals surface area contributed by atoms with Crippen LogP contribution in [0.4, 0.5) is 5.69 Å². The molecule has 0 heterocycles. The Morgan fingerprint density at radius 2 is 1.48 bits per heavy atom. The summed E-state index contributed by atoms with van der Waals surface area (Å²) in [6.45, 7) is -0.249. The summed E-state index contributed by atoms with van der Waals surface area (Å²) in [5, 5.41) is 3.80. The molecular weight excluding hydrogens is 432 g/mol. The summed E-state index contributed by atoms with van der Waals surface area (Å²) in [7, 11) is -3.90. The van der Waals surface area contributed by atoms with E-state index in [1.807, 2.05) is 0 Å². The van der Waals surface area contributed by atoms with E-state index in [4.69, 9.17) is 11.6 Å². The second-order valence-corrected chi connectivity index (χ2v) is 11.8. The first-order valence-electron chi connectivity index (χ1n) is 11.0. The number of carbonyl (C=O) groups is 1. The molecule has 0 aliphatic heterocycles. The van der Waals surface area contributed by atoms with Crippen molar-refractivity contribution in [2.24, 2.45) is 17.8 Å². The largest absolute Gasteiger partial charge is 0.349 e. The van der Waals surface area contributed by atoms with Crippen molar-refractivity contribution < 1.29 is 13.2 Å². The quantitative estimate of drug-likeness (QED) is 0.686. The van der Waals surface area contributed by atoms with Gasteiger partial charge in [0.05, 0.1) is 10.6 Å². The lowest BCUT2D eigenvalue weighted by Crippen LogP contribution is -2.61. The average molecular weight is 459 g/mol. The molecule has 31 heavy (non-hydrogen) atoms. The summed E-state index contributed by atoms with van der Waals surface area (Å²) in [5.41, 5.74) is 0.266. The number of sulfonamides is 1. The maximum Gasteiger partial charge on any atom is 0.264 e. The first-order valence-corrected chi connectivity index (χ1v) is 12.8. The molecule has 2 aromatic rings. The van der Waals surface area contributed by atoms with Gasteiger partial charge in [-0.2, -0.15) is 0 Å². The molecule has 4 saturated carbocycles. The summed E-state index contributed by atoms with van der Waals surface area (Å²) in [5.74, 6) is 1.86. The second-order valence-electron chi connectivity index (χ2n) is 9.55. The molecule has 4 bridgehead atoms. The molecule has 7 heteroatoms. The van der Waals surface area contributed by atoms with E-state index >= 15 is 0 Å². The highest BCUT2D eigenvalue weighted by Crippen LogP contribution is 2.55. The van der Waals surface area contributed by atoms with E-state index in [0.717, 1.165) is 19.3 Å². The Bertz CT molecular complexity index is 1030. The smallest absolute Gasteiger partial charge is 0.264 e. The van der Waals surface area contributed by atoms with Crippen molar-refractivity contribution in [2.75, 3.05) is 10.8 Å². The van der Waals surface area contributed by atoms with E-state index in [-0.39, 0.29) is 22.9 Å². The maximum absolute atomic E-state index is 13.4. The lowest BCUT2D eigenvalue weighted by molar-refractivity contribution is -0.125. The van der Waals surface area contributed by atoms with Crippen LogP contribution in [-0.2, 0) is 14.8 Å². The fourth-order valence-corrected chi connectivity index (χ4v) is 7.94. The summed E-state index contributed by atoms with van der Waals surface area (Å²) in [6, 6.07) is 14.8. The Hall–Kier alpha value is -2.05. The van der Waals surface area contributed by atoms with Crippen molar-refractivity contribution in [3.63, 3.8) is 0 Å². The molecule has 0 saturated heterocycles. The highest BCUT2D eigenvalue weighted by Gasteiger charge is 2.51. The third kappa shape index (κ3) is 4.08. The zero-order chi connectivity index (χ0) is 21.6. The van der Waals surface area contributed by atoms with Gasteiger partial charge in [-0.15, -0.1) is 0 Å². The predicted octanol–water partition coefficient (Wildman–Crippen LogP) is 4.62. The SMILES string of the molecule is O=C(CN(c1ccc(Cl)cc1)S(=O)(=O)c1ccccc1)NC12CC3CC(CC(C3)C1)C2. The van der Waals surface area contributed by atoms with Crippen molar-refractivity contribution in [1.29, 1.82) is 0 Å². The molecule has 0 spiro atoms. The molecule has 1 amide bonds. The van der Waals surface area contributed by atoms with Crippen molar-refractivity contribution in [2.45, 2.75) is 49.0 Å². The molecular formula is C24H27ClN2O3S. The van der Waals surface area contributed by atoms with Crippen molar-refractivity contribution in [3.8, 4) is 0 Å². The monoisotopic (exact) mass is 458 g/mol. The third-order valence-electron chi connectivity index (χ3n) is 7.18. The van der Waals surface area contributed by atoms with Crippen molar-refractivity contribution in [3.05, 3.63) is 59.6 Å². The minimum atomic E-state index is -3.90. The normalized spacial score (nSPS) is 29.0. The van der Waals surface area contributed by atoms with Crippen LogP contribution in [0, 0.1) is 17.8 Å². The summed E-state index contributed by atoms with van der Waals surface area (Å²) >= 11 is 6.01. The van der Waals surface area contributed by atoms with Gasteiger partial charge in [-0.3, -0.25) is 9.10 Å². The number of carbonyl (C=O) groups excluding carboxylic acids is 1. The Morgan fingerprint density at radius 3 is 2.03 bits per heavy atom. The van der Waals surface area contributed by atoms with Gasteiger partial charge in [0.25, 0.3) is 10.0 Å². The molecule has 4 aliphatic rings. The molecule has 0 aromatic heterocycles. The lowest BCUT2D eigenvalue weighted by Gasteiger charge is -2.57. The van der Waals surface area contributed by atoms with Gasteiger partial charge in [0.15, 0.2) is 0 Å². The van der Waals surface area contributed by atoms with Crippen LogP contribution in [0.25, 0.3) is 0 Å². The summed E-state index contributed by atoms with van der Waals surface area (Å²) < 4.78 is 28.0. The van der Waals surface area contributed by atoms with Crippen molar-refractivity contribution in [1.82, 2.24) is 5.32 Å². The number of nitrogens with zero attached hydrogens (tertiary/aromatic N) is 1. The van der Waals surface area contributed by atoms with E-state index in [0.29, 0.717) is 28.5 Å². The van der Waals surface area contributed by atoms with Crippen LogP contribution in [0.1, 0.15) is 38.5 Å². The number of amides is 1. The van der Waals surface area contributed by atoms with E-state index in [9.17, 15) is 13.2 Å². The fourth-order valence-electron chi connectivity index (χ4n) is 6.37. The minimum Gasteiger partial charge on any atom is -0.349 e. The topological polar surface area (TPSA) is 66.5 Å². The number of halogens is 1. The van der Waals surface area contributed by atoms with Crippen LogP contribution < -0.4 is 9.62 Å². The van der Waals surface area contributed by atoms with E-state index in [2.05, 4.69) is 5.32 Å². The van der Waals surface area contributed by atoms with E-state index < -0.39 is 10.0 Å². The standard InChI is InChI=1S/C24H27ClN2O3S/c25-20-6-8-21(9-7-20)27(31(29,30)22-4-2-1-3-5-22)16-23(28)26-24-13-17-10-18(14-24)12-19(11-17)15-24/h1-9,17-19H,10-16H2,(H,26,28). The van der Waals surface area contributed by atoms with E-state index in [1.165, 1.54) is 23.6 Å². The van der Waals surface area contributed by atoms with Gasteiger partial charge in [0, 0.05) is 10.6 Å². The highest BCUT2D eigenvalue weighted by atomic mass is 35.5. The summed E-state index contributed by atoms with van der Waals surface area (Å²) in [4.78, 5) is 13.4. The molecule has 164 valence electrons. The molecule has 2 aromatic carbocycles. The Balaban J connectivity index is 1.41. The molecule has 0 unspecified atom stereocenters. The first-order chi connectivity index (χ1) is 14.8. The molecule has 4 fully saturated rings. The van der Waals surface area contributed by atoms with Crippen molar-refractivity contribution >= 4 is 33.2 Å². The number of nitrogens with one attached hydrogen (secondary N) is 1. The van der Waals surface area contributed by atoms with Crippen LogP contribution in [0.2, 0.25) is 5.02 Å². The minimum absolute atomic E-state index is 0.159. The van der Waals surface area contributed by atoms with Gasteiger partial charge in [-0.25, -0.2) is 8.42 Å². The fraction of sp³-hybridized carbons (Fsp3) is 0.458. The summed E-state index contributed by atoms with van der Waals surface area (Å²) in [6.07, 6.45) is 6.93. The zero-order valence-electron chi connectivity index (χ0n) is 17.3. The Labute approximate surface area is 188 Å². The Morgan fingerprint density at radius 1 is 0.935 bits per heavy atom. The maximum atomic E-state index is 13.4. The second kappa shape index (κ2) is 7.82. The molecule has 5 nitrogen and oxygen atoms in total. The zero-order valence-corrected chi connectivity index (χ0v) is 18.9. The third-order valence-corrected chi connectivity index (χ3v) is 9.22. The molecule has 6 rings (SSSR count). The van der Waals surface area contributed by atoms with Gasteiger partial charge in [-0.05, 0) is 92.7 Å². The van der Waals surface area contributed by atoms with Gasteiger partial charge in [0.1, 0.15) is 6.54 Å². The lowest BCUT2D eigenvalue weighted by atomic mass is 9.53. The highest BCUT2D eigenvalue weighted by molar-refractivity contribution is 7.92. The number of rotatable bonds is 6. The Kier molecular flexibility index (Phi) is 5.25. The number of hydrogen-bond donors (Lipinski definition) is 1. The van der Waals surface area contributed by atoms with Gasteiger partial charge >= 0.3 is 0 Å². The number of anilines is 1. The number of benzene rings is 2. The first kappa shape index (κ1) is 20.8.